The predicted molar refractivity (Wildman–Crippen MR) is 130 cm³/mol. The summed E-state index contributed by atoms with van der Waals surface area (Å²) in [6, 6.07) is 10.0. The lowest BCUT2D eigenvalue weighted by Crippen LogP contribution is -2.44. The van der Waals surface area contributed by atoms with Crippen molar-refractivity contribution in [2.24, 2.45) is 4.99 Å². The number of likely N-dealkylation sites (tertiary alicyclic amines) is 1. The predicted octanol–water partition coefficient (Wildman–Crippen LogP) is 3.81. The molecule has 2 aromatic rings. The zero-order chi connectivity index (χ0) is 20.5. The molecule has 1 atom stereocenters. The number of benzene rings is 1. The molecule has 3 rings (SSSR count). The van der Waals surface area contributed by atoms with Crippen LogP contribution in [0.5, 0.6) is 11.5 Å². The van der Waals surface area contributed by atoms with Crippen LogP contribution in [-0.2, 0) is 6.54 Å². The van der Waals surface area contributed by atoms with Crippen LogP contribution < -0.4 is 20.1 Å². The lowest BCUT2D eigenvalue weighted by Gasteiger charge is -2.33. The molecule has 0 radical (unpaired) electrons. The molecule has 1 aromatic carbocycles. The van der Waals surface area contributed by atoms with Crippen molar-refractivity contribution in [3.8, 4) is 11.5 Å². The number of nitrogens with one attached hydrogen (secondary N) is 2. The third-order valence-corrected chi connectivity index (χ3v) is 5.33. The average Bonchev–Trinajstić information content (AvgIpc) is 3.31. The third-order valence-electron chi connectivity index (χ3n) is 5.33. The van der Waals surface area contributed by atoms with E-state index in [1.165, 1.54) is 19.3 Å². The van der Waals surface area contributed by atoms with Crippen LogP contribution in [0.1, 0.15) is 36.6 Å². The quantitative estimate of drug-likeness (QED) is 0.309. The number of halogens is 1. The van der Waals surface area contributed by atoms with Gasteiger partial charge in [0.15, 0.2) is 5.96 Å². The van der Waals surface area contributed by atoms with Crippen molar-refractivity contribution >= 4 is 29.9 Å². The van der Waals surface area contributed by atoms with Crippen LogP contribution in [0.4, 0.5) is 0 Å². The minimum atomic E-state index is 0. The highest BCUT2D eigenvalue weighted by Gasteiger charge is 2.24. The molecular weight excluding hydrogens is 495 g/mol. The minimum Gasteiger partial charge on any atom is -0.497 e. The highest BCUT2D eigenvalue weighted by molar-refractivity contribution is 14.0. The summed E-state index contributed by atoms with van der Waals surface area (Å²) in [5.41, 5.74) is 1.04. The Morgan fingerprint density at radius 1 is 1.13 bits per heavy atom. The van der Waals surface area contributed by atoms with Crippen molar-refractivity contribution < 1.29 is 13.9 Å². The van der Waals surface area contributed by atoms with Crippen LogP contribution in [-0.4, -0.2) is 51.8 Å². The Bertz CT molecular complexity index is 777. The van der Waals surface area contributed by atoms with Crippen molar-refractivity contribution in [1.82, 2.24) is 15.5 Å². The average molecular weight is 528 g/mol. The second kappa shape index (κ2) is 12.7. The van der Waals surface area contributed by atoms with Crippen LogP contribution in [0, 0.1) is 0 Å². The van der Waals surface area contributed by atoms with Crippen LogP contribution in [0.15, 0.2) is 46.0 Å². The number of piperidine rings is 1. The van der Waals surface area contributed by atoms with Gasteiger partial charge < -0.3 is 24.5 Å². The van der Waals surface area contributed by atoms with Gasteiger partial charge in [-0.25, -0.2) is 0 Å². The number of rotatable bonds is 8. The van der Waals surface area contributed by atoms with Gasteiger partial charge in [0.1, 0.15) is 17.3 Å². The van der Waals surface area contributed by atoms with Gasteiger partial charge in [-0.2, -0.15) is 0 Å². The first-order chi connectivity index (χ1) is 14.2. The van der Waals surface area contributed by atoms with E-state index in [9.17, 15) is 0 Å². The molecule has 0 bridgehead atoms. The number of aliphatic imine (C=N–C) groups is 1. The Morgan fingerprint density at radius 3 is 2.57 bits per heavy atom. The largest absolute Gasteiger partial charge is 0.497 e. The van der Waals surface area contributed by atoms with Crippen LogP contribution >= 0.6 is 24.0 Å². The molecule has 1 fully saturated rings. The van der Waals surface area contributed by atoms with E-state index >= 15 is 0 Å². The molecule has 2 heterocycles. The molecule has 1 aliphatic rings. The molecule has 1 unspecified atom stereocenters. The van der Waals surface area contributed by atoms with Gasteiger partial charge in [-0.15, -0.1) is 24.0 Å². The third kappa shape index (κ3) is 6.53. The first-order valence-electron chi connectivity index (χ1n) is 10.2. The van der Waals surface area contributed by atoms with E-state index in [4.69, 9.17) is 13.9 Å². The number of hydrogen-bond donors (Lipinski definition) is 2. The molecule has 1 aliphatic heterocycles. The summed E-state index contributed by atoms with van der Waals surface area (Å²) in [5.74, 6) is 3.30. The molecular formula is C22H33IN4O3. The number of nitrogens with zero attached hydrogens (tertiary/aromatic N) is 2. The fraction of sp³-hybridized carbons (Fsp3) is 0.500. The van der Waals surface area contributed by atoms with Gasteiger partial charge in [-0.05, 0) is 50.2 Å². The molecule has 0 saturated carbocycles. The fourth-order valence-corrected chi connectivity index (χ4v) is 3.71. The maximum absolute atomic E-state index is 5.73. The molecule has 1 saturated heterocycles. The lowest BCUT2D eigenvalue weighted by atomic mass is 10.1. The maximum atomic E-state index is 5.73. The molecule has 2 N–H and O–H groups in total. The Labute approximate surface area is 196 Å². The smallest absolute Gasteiger partial charge is 0.191 e. The van der Waals surface area contributed by atoms with E-state index in [1.807, 2.05) is 24.3 Å². The molecule has 0 aliphatic carbocycles. The molecule has 7 nitrogen and oxygen atoms in total. The van der Waals surface area contributed by atoms with Crippen LogP contribution in [0.25, 0.3) is 0 Å². The highest BCUT2D eigenvalue weighted by Crippen LogP contribution is 2.25. The minimum absolute atomic E-state index is 0. The second-order valence-corrected chi connectivity index (χ2v) is 7.11. The fourth-order valence-electron chi connectivity index (χ4n) is 3.71. The first-order valence-corrected chi connectivity index (χ1v) is 10.2. The summed E-state index contributed by atoms with van der Waals surface area (Å²) in [5, 5.41) is 6.83. The van der Waals surface area contributed by atoms with Crippen molar-refractivity contribution in [3.05, 3.63) is 47.9 Å². The summed E-state index contributed by atoms with van der Waals surface area (Å²) < 4.78 is 16.5. The molecule has 0 amide bonds. The van der Waals surface area contributed by atoms with Crippen LogP contribution in [0.3, 0.4) is 0 Å². The summed E-state index contributed by atoms with van der Waals surface area (Å²) in [6.07, 6.45) is 5.53. The number of ether oxygens (including phenoxy) is 2. The van der Waals surface area contributed by atoms with E-state index in [-0.39, 0.29) is 30.0 Å². The molecule has 30 heavy (non-hydrogen) atoms. The van der Waals surface area contributed by atoms with E-state index in [0.29, 0.717) is 6.54 Å². The monoisotopic (exact) mass is 528 g/mol. The zero-order valence-electron chi connectivity index (χ0n) is 18.0. The standard InChI is InChI=1S/C22H32N4O3.HI/c1-23-22(24-15-17-9-10-18(27-2)14-21(17)28-3)25-16-19(20-8-7-13-29-20)26-11-5-4-6-12-26;/h7-10,13-14,19H,4-6,11-12,15-16H2,1-3H3,(H2,23,24,25);1H. The Hall–Kier alpha value is -1.94. The summed E-state index contributed by atoms with van der Waals surface area (Å²) >= 11 is 0. The Kier molecular flexibility index (Phi) is 10.3. The molecule has 0 spiro atoms. The first kappa shape index (κ1) is 24.3. The summed E-state index contributed by atoms with van der Waals surface area (Å²) in [4.78, 5) is 6.87. The van der Waals surface area contributed by atoms with E-state index in [0.717, 1.165) is 48.4 Å². The number of furan rings is 1. The van der Waals surface area contributed by atoms with Gasteiger partial charge in [-0.3, -0.25) is 9.89 Å². The van der Waals surface area contributed by atoms with Gasteiger partial charge in [0.2, 0.25) is 0 Å². The SMILES string of the molecule is CN=C(NCc1ccc(OC)cc1OC)NCC(c1ccco1)N1CCCCC1.I. The van der Waals surface area contributed by atoms with Gasteiger partial charge in [0, 0.05) is 31.8 Å². The zero-order valence-corrected chi connectivity index (χ0v) is 20.3. The van der Waals surface area contributed by atoms with Crippen LogP contribution in [0.2, 0.25) is 0 Å². The number of guanidine groups is 1. The topological polar surface area (TPSA) is 71.3 Å². The van der Waals surface area contributed by atoms with E-state index < -0.39 is 0 Å². The highest BCUT2D eigenvalue weighted by atomic mass is 127. The van der Waals surface area contributed by atoms with E-state index in [2.05, 4.69) is 26.6 Å². The Morgan fingerprint density at radius 2 is 1.93 bits per heavy atom. The maximum Gasteiger partial charge on any atom is 0.191 e. The Balaban J connectivity index is 0.00000320. The van der Waals surface area contributed by atoms with Gasteiger partial charge in [-0.1, -0.05) is 6.42 Å². The number of hydrogen-bond acceptors (Lipinski definition) is 5. The molecule has 166 valence electrons. The molecule has 1 aromatic heterocycles. The normalized spacial score (nSPS) is 15.8. The van der Waals surface area contributed by atoms with Gasteiger partial charge in [0.05, 0.1) is 26.5 Å². The van der Waals surface area contributed by atoms with Gasteiger partial charge >= 0.3 is 0 Å². The summed E-state index contributed by atoms with van der Waals surface area (Å²) in [6.45, 7) is 3.53. The molecule has 8 heteroatoms. The van der Waals surface area contributed by atoms with Gasteiger partial charge in [0.25, 0.3) is 0 Å². The van der Waals surface area contributed by atoms with E-state index in [1.54, 1.807) is 27.5 Å². The second-order valence-electron chi connectivity index (χ2n) is 7.11. The summed E-state index contributed by atoms with van der Waals surface area (Å²) in [7, 11) is 5.09. The van der Waals surface area contributed by atoms with Crippen molar-refractivity contribution in [2.45, 2.75) is 31.8 Å². The van der Waals surface area contributed by atoms with Crippen molar-refractivity contribution in [2.75, 3.05) is 40.9 Å². The van der Waals surface area contributed by atoms with Crippen molar-refractivity contribution in [3.63, 3.8) is 0 Å². The lowest BCUT2D eigenvalue weighted by molar-refractivity contribution is 0.146. The van der Waals surface area contributed by atoms with Crippen molar-refractivity contribution in [1.29, 1.82) is 0 Å². The number of methoxy groups -OCH3 is 2.